The first-order chi connectivity index (χ1) is 15.5. The lowest BCUT2D eigenvalue weighted by Gasteiger charge is -2.32. The Morgan fingerprint density at radius 1 is 1.09 bits per heavy atom. The van der Waals surface area contributed by atoms with Crippen LogP contribution in [-0.2, 0) is 11.2 Å². The Kier molecular flexibility index (Phi) is 6.69. The van der Waals surface area contributed by atoms with Gasteiger partial charge in [-0.2, -0.15) is 15.0 Å². The van der Waals surface area contributed by atoms with E-state index in [0.29, 0.717) is 36.0 Å². The number of aliphatic imine (C=N–C) groups is 2. The van der Waals surface area contributed by atoms with Crippen molar-refractivity contribution >= 4 is 29.0 Å². The van der Waals surface area contributed by atoms with Crippen LogP contribution in [0.1, 0.15) is 26.1 Å². The van der Waals surface area contributed by atoms with Gasteiger partial charge in [-0.25, -0.2) is 9.98 Å². The zero-order chi connectivity index (χ0) is 22.5. The lowest BCUT2D eigenvalue weighted by Crippen LogP contribution is -2.45. The molecule has 0 spiro atoms. The topological polar surface area (TPSA) is 108 Å². The molecule has 4 rings (SSSR count). The zero-order valence-electron chi connectivity index (χ0n) is 18.7. The van der Waals surface area contributed by atoms with Crippen LogP contribution in [0.25, 0.3) is 0 Å². The second-order valence-electron chi connectivity index (χ2n) is 7.86. The van der Waals surface area contributed by atoms with Crippen molar-refractivity contribution in [3.05, 3.63) is 36.2 Å². The van der Waals surface area contributed by atoms with Gasteiger partial charge in [-0.15, -0.1) is 0 Å². The maximum absolute atomic E-state index is 12.7. The summed E-state index contributed by atoms with van der Waals surface area (Å²) in [6.07, 6.45) is 0.107. The Labute approximate surface area is 187 Å². The van der Waals surface area contributed by atoms with Crippen LogP contribution < -0.4 is 15.0 Å². The largest absolute Gasteiger partial charge is 0.416 e. The number of piperazine rings is 1. The van der Waals surface area contributed by atoms with Crippen LogP contribution >= 0.6 is 0 Å². The third kappa shape index (κ3) is 5.44. The molecule has 168 valence electrons. The van der Waals surface area contributed by atoms with Crippen LogP contribution in [0.15, 0.2) is 40.3 Å². The number of aromatic nitrogens is 3. The number of anilines is 2. The Balaban J connectivity index is 1.51. The summed E-state index contributed by atoms with van der Waals surface area (Å²) in [6, 6.07) is 9.44. The molecule has 1 fully saturated rings. The summed E-state index contributed by atoms with van der Waals surface area (Å²) >= 11 is 0. The van der Waals surface area contributed by atoms with Crippen molar-refractivity contribution in [3.8, 4) is 6.01 Å². The van der Waals surface area contributed by atoms with Gasteiger partial charge in [0.1, 0.15) is 11.5 Å². The number of likely N-dealkylation sites (N-methyl/N-ethyl adjacent to an activating group) is 1. The third-order valence-corrected chi connectivity index (χ3v) is 5.28. The number of aryl methyl sites for hydroxylation is 1. The number of benzene rings is 1. The van der Waals surface area contributed by atoms with E-state index >= 15 is 0 Å². The van der Waals surface area contributed by atoms with Crippen molar-refractivity contribution in [3.63, 3.8) is 0 Å². The number of hydrogen-bond acceptors (Lipinski definition) is 9. The number of para-hydroxylation sites is 1. The normalized spacial score (nSPS) is 19.2. The Hall–Kier alpha value is -3.40. The van der Waals surface area contributed by atoms with Gasteiger partial charge in [-0.1, -0.05) is 25.1 Å². The SMILES string of the molecule is CCc1nc(OC2N=C(C)CC(C(=O)Nc3ccccc3)=N2)nc(N2CCN(C)CC2)n1. The van der Waals surface area contributed by atoms with E-state index < -0.39 is 6.35 Å². The van der Waals surface area contributed by atoms with E-state index in [2.05, 4.69) is 47.1 Å². The highest BCUT2D eigenvalue weighted by molar-refractivity contribution is 6.46. The lowest BCUT2D eigenvalue weighted by molar-refractivity contribution is -0.110. The minimum Gasteiger partial charge on any atom is -0.416 e. The van der Waals surface area contributed by atoms with E-state index in [9.17, 15) is 4.79 Å². The first kappa shape index (κ1) is 21.8. The Morgan fingerprint density at radius 3 is 2.56 bits per heavy atom. The molecule has 0 saturated carbocycles. The van der Waals surface area contributed by atoms with Gasteiger partial charge in [-0.05, 0) is 26.1 Å². The van der Waals surface area contributed by atoms with E-state index in [-0.39, 0.29) is 11.9 Å². The van der Waals surface area contributed by atoms with Crippen molar-refractivity contribution in [1.29, 1.82) is 0 Å². The highest BCUT2D eigenvalue weighted by atomic mass is 16.5. The van der Waals surface area contributed by atoms with Crippen LogP contribution in [0.3, 0.4) is 0 Å². The molecule has 1 amide bonds. The molecule has 0 aliphatic carbocycles. The molecular formula is C22H28N8O2. The maximum atomic E-state index is 12.7. The van der Waals surface area contributed by atoms with Gasteiger partial charge in [0, 0.05) is 50.4 Å². The quantitative estimate of drug-likeness (QED) is 0.735. The fourth-order valence-corrected chi connectivity index (χ4v) is 3.44. The molecule has 1 unspecified atom stereocenters. The molecule has 0 radical (unpaired) electrons. The predicted molar refractivity (Wildman–Crippen MR) is 124 cm³/mol. The molecule has 1 aromatic heterocycles. The highest BCUT2D eigenvalue weighted by Crippen LogP contribution is 2.18. The van der Waals surface area contributed by atoms with Crippen molar-refractivity contribution in [2.75, 3.05) is 43.4 Å². The number of carbonyl (C=O) groups is 1. The molecule has 3 heterocycles. The van der Waals surface area contributed by atoms with Crippen LogP contribution in [0.5, 0.6) is 6.01 Å². The van der Waals surface area contributed by atoms with Crippen LogP contribution in [-0.4, -0.2) is 76.8 Å². The van der Waals surface area contributed by atoms with Gasteiger partial charge < -0.3 is 19.9 Å². The molecule has 10 nitrogen and oxygen atoms in total. The van der Waals surface area contributed by atoms with Crippen LogP contribution in [0, 0.1) is 0 Å². The second kappa shape index (κ2) is 9.82. The average molecular weight is 437 g/mol. The lowest BCUT2D eigenvalue weighted by atomic mass is 10.1. The van der Waals surface area contributed by atoms with Crippen LogP contribution in [0.2, 0.25) is 0 Å². The van der Waals surface area contributed by atoms with Crippen molar-refractivity contribution in [2.24, 2.45) is 9.98 Å². The van der Waals surface area contributed by atoms with E-state index in [1.807, 2.05) is 44.2 Å². The molecule has 1 atom stereocenters. The minimum atomic E-state index is -0.910. The first-order valence-corrected chi connectivity index (χ1v) is 10.8. The van der Waals surface area contributed by atoms with Gasteiger partial charge in [0.05, 0.1) is 0 Å². The van der Waals surface area contributed by atoms with E-state index in [4.69, 9.17) is 4.74 Å². The average Bonchev–Trinajstić information content (AvgIpc) is 2.79. The fourth-order valence-electron chi connectivity index (χ4n) is 3.44. The van der Waals surface area contributed by atoms with Gasteiger partial charge in [0.15, 0.2) is 0 Å². The van der Waals surface area contributed by atoms with Crippen LogP contribution in [0.4, 0.5) is 11.6 Å². The number of amides is 1. The number of carbonyl (C=O) groups excluding carboxylic acids is 1. The molecule has 0 bridgehead atoms. The Morgan fingerprint density at radius 2 is 1.84 bits per heavy atom. The van der Waals surface area contributed by atoms with E-state index in [0.717, 1.165) is 31.9 Å². The molecule has 2 aliphatic rings. The summed E-state index contributed by atoms with van der Waals surface area (Å²) in [6.45, 7) is 7.40. The molecule has 1 saturated heterocycles. The molecular weight excluding hydrogens is 408 g/mol. The molecule has 1 N–H and O–H groups in total. The highest BCUT2D eigenvalue weighted by Gasteiger charge is 2.24. The standard InChI is InChI=1S/C22H28N8O2/c1-4-18-26-20(30-12-10-29(3)11-13-30)28-22(27-18)32-21-23-15(2)14-17(25-21)19(31)24-16-8-6-5-7-9-16/h5-9,21H,4,10-14H2,1-3H3,(H,24,31). The maximum Gasteiger partial charge on any atom is 0.324 e. The van der Waals surface area contributed by atoms with Gasteiger partial charge >= 0.3 is 6.01 Å². The molecule has 10 heteroatoms. The fraction of sp³-hybridized carbons (Fsp3) is 0.455. The van der Waals surface area contributed by atoms with Crippen molar-refractivity contribution in [2.45, 2.75) is 33.0 Å². The molecule has 2 aliphatic heterocycles. The number of hydrogen-bond donors (Lipinski definition) is 1. The monoisotopic (exact) mass is 436 g/mol. The van der Waals surface area contributed by atoms with E-state index in [1.165, 1.54) is 0 Å². The Bertz CT molecular complexity index is 1020. The summed E-state index contributed by atoms with van der Waals surface area (Å²) in [4.78, 5) is 39.4. The summed E-state index contributed by atoms with van der Waals surface area (Å²) in [5, 5.41) is 2.86. The van der Waals surface area contributed by atoms with Gasteiger partial charge in [0.25, 0.3) is 12.3 Å². The predicted octanol–water partition coefficient (Wildman–Crippen LogP) is 1.79. The van der Waals surface area contributed by atoms with E-state index in [1.54, 1.807) is 0 Å². The number of nitrogens with zero attached hydrogens (tertiary/aromatic N) is 7. The smallest absolute Gasteiger partial charge is 0.324 e. The number of rotatable bonds is 6. The van der Waals surface area contributed by atoms with Crippen molar-refractivity contribution in [1.82, 2.24) is 19.9 Å². The molecule has 1 aromatic carbocycles. The first-order valence-electron chi connectivity index (χ1n) is 10.8. The summed E-state index contributed by atoms with van der Waals surface area (Å²) in [5.74, 6) is 0.969. The zero-order valence-corrected chi connectivity index (χ0v) is 18.7. The number of nitrogens with one attached hydrogen (secondary N) is 1. The minimum absolute atomic E-state index is 0.167. The van der Waals surface area contributed by atoms with Gasteiger partial charge in [0.2, 0.25) is 5.95 Å². The third-order valence-electron chi connectivity index (χ3n) is 5.28. The second-order valence-corrected chi connectivity index (χ2v) is 7.86. The van der Waals surface area contributed by atoms with Gasteiger partial charge in [-0.3, -0.25) is 4.79 Å². The molecule has 2 aromatic rings. The summed E-state index contributed by atoms with van der Waals surface area (Å²) < 4.78 is 5.90. The summed E-state index contributed by atoms with van der Waals surface area (Å²) in [7, 11) is 2.10. The number of ether oxygens (including phenoxy) is 1. The summed E-state index contributed by atoms with van der Waals surface area (Å²) in [5.41, 5.74) is 1.82. The molecule has 32 heavy (non-hydrogen) atoms. The van der Waals surface area contributed by atoms with Crippen molar-refractivity contribution < 1.29 is 9.53 Å².